The van der Waals surface area contributed by atoms with Crippen LogP contribution in [-0.2, 0) is 9.16 Å². The van der Waals surface area contributed by atoms with Crippen LogP contribution in [0.2, 0.25) is 18.6 Å². The molecule has 1 unspecified atom stereocenters. The molecule has 0 aliphatic rings. The third kappa shape index (κ3) is 6.02. The molecule has 3 heteroatoms. The van der Waals surface area contributed by atoms with E-state index in [1.807, 2.05) is 0 Å². The molecule has 0 bridgehead atoms. The zero-order valence-electron chi connectivity index (χ0n) is 12.2. The summed E-state index contributed by atoms with van der Waals surface area (Å²) < 4.78 is 11.8. The van der Waals surface area contributed by atoms with E-state index in [2.05, 4.69) is 47.7 Å². The molecule has 2 nitrogen and oxygen atoms in total. The standard InChI is InChI=1S/C13H30O2Si/c1-8-12(3)16(6,7)15-11-10-14-13(4,5)9-2/h12H,8-11H2,1-7H3. The minimum atomic E-state index is -1.49. The highest BCUT2D eigenvalue weighted by molar-refractivity contribution is 6.72. The molecule has 0 aliphatic heterocycles. The fourth-order valence-corrected chi connectivity index (χ4v) is 3.24. The van der Waals surface area contributed by atoms with Crippen LogP contribution in [0.5, 0.6) is 0 Å². The molecule has 0 radical (unpaired) electrons. The van der Waals surface area contributed by atoms with Gasteiger partial charge in [-0.05, 0) is 38.9 Å². The molecule has 16 heavy (non-hydrogen) atoms. The van der Waals surface area contributed by atoms with Crippen LogP contribution >= 0.6 is 0 Å². The van der Waals surface area contributed by atoms with Crippen LogP contribution in [0.15, 0.2) is 0 Å². The summed E-state index contributed by atoms with van der Waals surface area (Å²) in [6, 6.07) is 0. The Balaban J connectivity index is 3.82. The molecule has 0 saturated carbocycles. The number of hydrogen-bond acceptors (Lipinski definition) is 2. The SMILES string of the molecule is CCC(C)[Si](C)(C)OCCOC(C)(C)CC. The Morgan fingerprint density at radius 1 is 1.12 bits per heavy atom. The molecule has 0 aliphatic carbocycles. The van der Waals surface area contributed by atoms with Gasteiger partial charge in [0, 0.05) is 0 Å². The number of hydrogen-bond donors (Lipinski definition) is 0. The van der Waals surface area contributed by atoms with E-state index in [4.69, 9.17) is 9.16 Å². The van der Waals surface area contributed by atoms with E-state index >= 15 is 0 Å². The van der Waals surface area contributed by atoms with Gasteiger partial charge in [-0.25, -0.2) is 0 Å². The van der Waals surface area contributed by atoms with Gasteiger partial charge in [0.2, 0.25) is 0 Å². The van der Waals surface area contributed by atoms with Crippen molar-refractivity contribution < 1.29 is 9.16 Å². The van der Waals surface area contributed by atoms with Gasteiger partial charge in [-0.1, -0.05) is 27.2 Å². The van der Waals surface area contributed by atoms with Crippen molar-refractivity contribution in [2.24, 2.45) is 0 Å². The smallest absolute Gasteiger partial charge is 0.189 e. The van der Waals surface area contributed by atoms with Gasteiger partial charge in [0.25, 0.3) is 0 Å². The largest absolute Gasteiger partial charge is 0.415 e. The molecule has 0 saturated heterocycles. The summed E-state index contributed by atoms with van der Waals surface area (Å²) >= 11 is 0. The highest BCUT2D eigenvalue weighted by Gasteiger charge is 2.28. The molecule has 0 aromatic carbocycles. The van der Waals surface area contributed by atoms with Crippen molar-refractivity contribution in [3.8, 4) is 0 Å². The maximum Gasteiger partial charge on any atom is 0.189 e. The Hall–Kier alpha value is 0.137. The summed E-state index contributed by atoms with van der Waals surface area (Å²) in [6.45, 7) is 17.0. The Morgan fingerprint density at radius 2 is 1.69 bits per heavy atom. The predicted molar refractivity (Wildman–Crippen MR) is 73.5 cm³/mol. The van der Waals surface area contributed by atoms with E-state index in [1.54, 1.807) is 0 Å². The van der Waals surface area contributed by atoms with Crippen LogP contribution in [0.25, 0.3) is 0 Å². The van der Waals surface area contributed by atoms with E-state index in [1.165, 1.54) is 6.42 Å². The third-order valence-corrected chi connectivity index (χ3v) is 7.43. The third-order valence-electron chi connectivity index (χ3n) is 3.70. The number of ether oxygens (including phenoxy) is 1. The van der Waals surface area contributed by atoms with Crippen molar-refractivity contribution in [2.45, 2.75) is 71.7 Å². The molecular formula is C13H30O2Si. The van der Waals surface area contributed by atoms with E-state index in [0.29, 0.717) is 12.1 Å². The van der Waals surface area contributed by atoms with Crippen molar-refractivity contribution in [1.29, 1.82) is 0 Å². The Kier molecular flexibility index (Phi) is 6.83. The number of rotatable bonds is 8. The van der Waals surface area contributed by atoms with Crippen molar-refractivity contribution >= 4 is 8.32 Å². The maximum atomic E-state index is 6.04. The average Bonchev–Trinajstić information content (AvgIpc) is 2.23. The molecule has 1 atom stereocenters. The van der Waals surface area contributed by atoms with Crippen molar-refractivity contribution in [3.05, 3.63) is 0 Å². The summed E-state index contributed by atoms with van der Waals surface area (Å²) in [5.74, 6) is 0. The first-order valence-electron chi connectivity index (χ1n) is 6.53. The molecule has 0 amide bonds. The van der Waals surface area contributed by atoms with Gasteiger partial charge in [0.1, 0.15) is 0 Å². The van der Waals surface area contributed by atoms with Crippen LogP contribution in [0.1, 0.15) is 47.5 Å². The van der Waals surface area contributed by atoms with E-state index in [-0.39, 0.29) is 5.60 Å². The van der Waals surface area contributed by atoms with Gasteiger partial charge in [0.15, 0.2) is 8.32 Å². The Labute approximate surface area is 103 Å². The normalized spacial score (nSPS) is 15.2. The highest BCUT2D eigenvalue weighted by atomic mass is 28.4. The average molecular weight is 246 g/mol. The van der Waals surface area contributed by atoms with Crippen LogP contribution in [0, 0.1) is 0 Å². The molecule has 0 fully saturated rings. The van der Waals surface area contributed by atoms with E-state index in [9.17, 15) is 0 Å². The van der Waals surface area contributed by atoms with Crippen molar-refractivity contribution in [2.75, 3.05) is 13.2 Å². The fourth-order valence-electron chi connectivity index (χ4n) is 1.36. The summed E-state index contributed by atoms with van der Waals surface area (Å²) in [5.41, 5.74) is 0.706. The maximum absolute atomic E-state index is 6.04. The van der Waals surface area contributed by atoms with E-state index in [0.717, 1.165) is 13.0 Å². The van der Waals surface area contributed by atoms with Gasteiger partial charge in [-0.15, -0.1) is 0 Å². The zero-order chi connectivity index (χ0) is 12.8. The molecule has 0 aromatic heterocycles. The van der Waals surface area contributed by atoms with Crippen LogP contribution in [-0.4, -0.2) is 27.1 Å². The van der Waals surface area contributed by atoms with Gasteiger partial charge in [-0.3, -0.25) is 0 Å². The first kappa shape index (κ1) is 16.1. The topological polar surface area (TPSA) is 18.5 Å². The summed E-state index contributed by atoms with van der Waals surface area (Å²) in [4.78, 5) is 0. The molecule has 0 rings (SSSR count). The van der Waals surface area contributed by atoms with Crippen LogP contribution in [0.3, 0.4) is 0 Å². The second-order valence-corrected chi connectivity index (χ2v) is 10.2. The second kappa shape index (κ2) is 6.77. The summed E-state index contributed by atoms with van der Waals surface area (Å²) in [6.07, 6.45) is 2.25. The molecular weight excluding hydrogens is 216 g/mol. The molecule has 0 N–H and O–H groups in total. The summed E-state index contributed by atoms with van der Waals surface area (Å²) in [7, 11) is -1.49. The lowest BCUT2D eigenvalue weighted by Crippen LogP contribution is -2.37. The first-order valence-corrected chi connectivity index (χ1v) is 9.51. The van der Waals surface area contributed by atoms with E-state index < -0.39 is 8.32 Å². The monoisotopic (exact) mass is 246 g/mol. The molecule has 98 valence electrons. The first-order chi connectivity index (χ1) is 7.25. The van der Waals surface area contributed by atoms with Crippen molar-refractivity contribution in [1.82, 2.24) is 0 Å². The Bertz CT molecular complexity index is 190. The van der Waals surface area contributed by atoms with Crippen molar-refractivity contribution in [3.63, 3.8) is 0 Å². The van der Waals surface area contributed by atoms with Gasteiger partial charge in [-0.2, -0.15) is 0 Å². The fraction of sp³-hybridized carbons (Fsp3) is 1.00. The Morgan fingerprint density at radius 3 is 2.12 bits per heavy atom. The van der Waals surface area contributed by atoms with Gasteiger partial charge < -0.3 is 9.16 Å². The van der Waals surface area contributed by atoms with Gasteiger partial charge in [0.05, 0.1) is 18.8 Å². The van der Waals surface area contributed by atoms with Crippen LogP contribution < -0.4 is 0 Å². The second-order valence-electron chi connectivity index (χ2n) is 5.72. The lowest BCUT2D eigenvalue weighted by atomic mass is 10.1. The van der Waals surface area contributed by atoms with Crippen LogP contribution in [0.4, 0.5) is 0 Å². The minimum Gasteiger partial charge on any atom is -0.415 e. The molecule has 0 aromatic rings. The predicted octanol–water partition coefficient (Wildman–Crippen LogP) is 4.21. The summed E-state index contributed by atoms with van der Waals surface area (Å²) in [5, 5.41) is 0. The quantitative estimate of drug-likeness (QED) is 0.472. The molecule has 0 spiro atoms. The highest BCUT2D eigenvalue weighted by Crippen LogP contribution is 2.25. The zero-order valence-corrected chi connectivity index (χ0v) is 13.2. The lowest BCUT2D eigenvalue weighted by Gasteiger charge is -2.30. The minimum absolute atomic E-state index is 0.00850. The lowest BCUT2D eigenvalue weighted by molar-refractivity contribution is -0.0330. The molecule has 0 heterocycles. The van der Waals surface area contributed by atoms with Gasteiger partial charge >= 0.3 is 0 Å².